The number of methoxy groups -OCH3 is 1. The normalized spacial score (nSPS) is 22.2. The molecule has 3 nitrogen and oxygen atoms in total. The molecule has 2 aliphatic rings. The fourth-order valence-corrected chi connectivity index (χ4v) is 3.82. The van der Waals surface area contributed by atoms with Crippen LogP contribution in [-0.2, 0) is 5.54 Å². The Morgan fingerprint density at radius 1 is 1.05 bits per heavy atom. The Bertz CT molecular complexity index is 474. The molecule has 21 heavy (non-hydrogen) atoms. The zero-order valence-corrected chi connectivity index (χ0v) is 13.1. The molecule has 0 radical (unpaired) electrons. The van der Waals surface area contributed by atoms with Gasteiger partial charge in [0.1, 0.15) is 0 Å². The van der Waals surface area contributed by atoms with E-state index in [1.54, 1.807) is 7.11 Å². The van der Waals surface area contributed by atoms with Crippen LogP contribution in [0.15, 0.2) is 18.2 Å². The maximum atomic E-state index is 6.74. The third-order valence-electron chi connectivity index (χ3n) is 5.07. The number of rotatable bonds is 4. The predicted molar refractivity (Wildman–Crippen MR) is 84.8 cm³/mol. The summed E-state index contributed by atoms with van der Waals surface area (Å²) in [5.41, 5.74) is 7.64. The summed E-state index contributed by atoms with van der Waals surface area (Å²) in [6.45, 7) is 0. The lowest BCUT2D eigenvalue weighted by Gasteiger charge is -2.36. The van der Waals surface area contributed by atoms with Crippen LogP contribution in [0.2, 0.25) is 0 Å². The molecule has 0 aromatic heterocycles. The van der Waals surface area contributed by atoms with Crippen LogP contribution in [0.5, 0.6) is 11.5 Å². The highest BCUT2D eigenvalue weighted by Crippen LogP contribution is 2.44. The van der Waals surface area contributed by atoms with Crippen molar-refractivity contribution in [3.63, 3.8) is 0 Å². The zero-order chi connectivity index (χ0) is 14.7. The van der Waals surface area contributed by atoms with Gasteiger partial charge in [-0.05, 0) is 44.6 Å². The van der Waals surface area contributed by atoms with Crippen LogP contribution in [0.3, 0.4) is 0 Å². The summed E-state index contributed by atoms with van der Waals surface area (Å²) >= 11 is 0. The van der Waals surface area contributed by atoms with Crippen LogP contribution in [0.1, 0.15) is 63.4 Å². The minimum Gasteiger partial charge on any atom is -0.493 e. The molecular formula is C18H27NO2. The molecule has 116 valence electrons. The van der Waals surface area contributed by atoms with E-state index < -0.39 is 0 Å². The van der Waals surface area contributed by atoms with Crippen molar-refractivity contribution in [2.45, 2.75) is 69.4 Å². The summed E-state index contributed by atoms with van der Waals surface area (Å²) in [4.78, 5) is 0. The molecule has 2 fully saturated rings. The van der Waals surface area contributed by atoms with E-state index in [2.05, 4.69) is 6.07 Å². The fourth-order valence-electron chi connectivity index (χ4n) is 3.82. The lowest BCUT2D eigenvalue weighted by atomic mass is 9.77. The summed E-state index contributed by atoms with van der Waals surface area (Å²) in [5, 5.41) is 0. The smallest absolute Gasteiger partial charge is 0.166 e. The Morgan fingerprint density at radius 3 is 2.43 bits per heavy atom. The average Bonchev–Trinajstić information content (AvgIpc) is 3.01. The zero-order valence-electron chi connectivity index (χ0n) is 13.1. The van der Waals surface area contributed by atoms with Crippen molar-refractivity contribution in [3.8, 4) is 11.5 Å². The first-order valence-corrected chi connectivity index (χ1v) is 8.36. The second-order valence-electron chi connectivity index (χ2n) is 6.58. The third kappa shape index (κ3) is 3.03. The van der Waals surface area contributed by atoms with Gasteiger partial charge < -0.3 is 15.2 Å². The quantitative estimate of drug-likeness (QED) is 0.906. The summed E-state index contributed by atoms with van der Waals surface area (Å²) in [6.07, 6.45) is 10.9. The summed E-state index contributed by atoms with van der Waals surface area (Å²) in [5.74, 6) is 1.73. The van der Waals surface area contributed by atoms with Gasteiger partial charge in [-0.15, -0.1) is 0 Å². The van der Waals surface area contributed by atoms with E-state index in [4.69, 9.17) is 15.2 Å². The number of hydrogen-bond acceptors (Lipinski definition) is 3. The maximum absolute atomic E-state index is 6.74. The van der Waals surface area contributed by atoms with Gasteiger partial charge in [-0.2, -0.15) is 0 Å². The highest BCUT2D eigenvalue weighted by atomic mass is 16.5. The van der Waals surface area contributed by atoms with Gasteiger partial charge in [0, 0.05) is 11.1 Å². The summed E-state index contributed by atoms with van der Waals surface area (Å²) < 4.78 is 11.9. The monoisotopic (exact) mass is 289 g/mol. The molecule has 0 spiro atoms. The van der Waals surface area contributed by atoms with Crippen molar-refractivity contribution in [2.75, 3.05) is 7.11 Å². The van der Waals surface area contributed by atoms with E-state index in [-0.39, 0.29) is 5.54 Å². The van der Waals surface area contributed by atoms with E-state index >= 15 is 0 Å². The molecule has 1 aromatic carbocycles. The Balaban J connectivity index is 1.94. The van der Waals surface area contributed by atoms with Gasteiger partial charge in [-0.1, -0.05) is 31.4 Å². The van der Waals surface area contributed by atoms with Crippen LogP contribution in [0.25, 0.3) is 0 Å². The maximum Gasteiger partial charge on any atom is 0.166 e. The highest BCUT2D eigenvalue weighted by Gasteiger charge is 2.34. The van der Waals surface area contributed by atoms with Crippen molar-refractivity contribution < 1.29 is 9.47 Å². The molecule has 3 heteroatoms. The van der Waals surface area contributed by atoms with Gasteiger partial charge in [0.15, 0.2) is 11.5 Å². The topological polar surface area (TPSA) is 44.5 Å². The molecule has 0 heterocycles. The van der Waals surface area contributed by atoms with Gasteiger partial charge in [0.05, 0.1) is 13.2 Å². The second kappa shape index (κ2) is 6.27. The first-order valence-electron chi connectivity index (χ1n) is 8.36. The molecule has 2 saturated carbocycles. The van der Waals surface area contributed by atoms with E-state index in [0.29, 0.717) is 6.10 Å². The molecule has 0 saturated heterocycles. The van der Waals surface area contributed by atoms with Crippen LogP contribution in [-0.4, -0.2) is 13.2 Å². The summed E-state index contributed by atoms with van der Waals surface area (Å²) in [7, 11) is 1.71. The minimum atomic E-state index is -0.249. The Kier molecular flexibility index (Phi) is 4.39. The molecule has 0 amide bonds. The van der Waals surface area contributed by atoms with Crippen molar-refractivity contribution in [1.29, 1.82) is 0 Å². The number of para-hydroxylation sites is 1. The summed E-state index contributed by atoms with van der Waals surface area (Å²) in [6, 6.07) is 6.16. The number of nitrogens with two attached hydrogens (primary N) is 1. The number of hydrogen-bond donors (Lipinski definition) is 1. The molecule has 2 N–H and O–H groups in total. The number of benzene rings is 1. The second-order valence-corrected chi connectivity index (χ2v) is 6.58. The van der Waals surface area contributed by atoms with Gasteiger partial charge in [0.25, 0.3) is 0 Å². The van der Waals surface area contributed by atoms with Gasteiger partial charge in [-0.25, -0.2) is 0 Å². The molecule has 1 aromatic rings. The van der Waals surface area contributed by atoms with Crippen LogP contribution in [0, 0.1) is 0 Å². The highest BCUT2D eigenvalue weighted by molar-refractivity contribution is 5.50. The molecule has 0 bridgehead atoms. The van der Waals surface area contributed by atoms with Crippen molar-refractivity contribution in [3.05, 3.63) is 23.8 Å². The molecule has 0 aliphatic heterocycles. The van der Waals surface area contributed by atoms with Gasteiger partial charge in [0.2, 0.25) is 0 Å². The molecule has 0 unspecified atom stereocenters. The van der Waals surface area contributed by atoms with E-state index in [9.17, 15) is 0 Å². The van der Waals surface area contributed by atoms with Crippen LogP contribution >= 0.6 is 0 Å². The first kappa shape index (κ1) is 14.7. The first-order chi connectivity index (χ1) is 10.2. The van der Waals surface area contributed by atoms with Crippen molar-refractivity contribution in [2.24, 2.45) is 5.73 Å². The molecule has 2 aliphatic carbocycles. The largest absolute Gasteiger partial charge is 0.493 e. The Labute approximate surface area is 127 Å². The number of ether oxygens (including phenoxy) is 2. The van der Waals surface area contributed by atoms with E-state index in [0.717, 1.165) is 42.7 Å². The molecule has 0 atom stereocenters. The van der Waals surface area contributed by atoms with Gasteiger partial charge in [-0.3, -0.25) is 0 Å². The fraction of sp³-hybridized carbons (Fsp3) is 0.667. The van der Waals surface area contributed by atoms with Gasteiger partial charge >= 0.3 is 0 Å². The van der Waals surface area contributed by atoms with Crippen LogP contribution < -0.4 is 15.2 Å². The minimum absolute atomic E-state index is 0.249. The Hall–Kier alpha value is -1.22. The van der Waals surface area contributed by atoms with Crippen molar-refractivity contribution in [1.82, 2.24) is 0 Å². The third-order valence-corrected chi connectivity index (χ3v) is 5.07. The van der Waals surface area contributed by atoms with Crippen LogP contribution in [0.4, 0.5) is 0 Å². The van der Waals surface area contributed by atoms with E-state index in [1.807, 2.05) is 12.1 Å². The van der Waals surface area contributed by atoms with E-state index in [1.165, 1.54) is 32.1 Å². The molecular weight excluding hydrogens is 262 g/mol. The van der Waals surface area contributed by atoms with Crippen molar-refractivity contribution >= 4 is 0 Å². The SMILES string of the molecule is COc1cccc(C2(N)CCCCC2)c1OC1CCCC1. The lowest BCUT2D eigenvalue weighted by molar-refractivity contribution is 0.189. The standard InChI is InChI=1S/C18H27NO2/c1-20-16-11-7-10-15(18(19)12-5-2-6-13-18)17(16)21-14-8-3-4-9-14/h7,10-11,14H,2-6,8-9,12-13,19H2,1H3. The average molecular weight is 289 g/mol. The lowest BCUT2D eigenvalue weighted by Crippen LogP contribution is -2.39. The Morgan fingerprint density at radius 2 is 1.76 bits per heavy atom. The predicted octanol–water partition coefficient (Wildman–Crippen LogP) is 4.13. The molecule has 3 rings (SSSR count).